The molecule has 0 aliphatic rings. The summed E-state index contributed by atoms with van der Waals surface area (Å²) in [6, 6.07) is 9.88. The summed E-state index contributed by atoms with van der Waals surface area (Å²) >= 11 is 0. The van der Waals surface area contributed by atoms with E-state index in [9.17, 15) is 13.0 Å². The highest BCUT2D eigenvalue weighted by Gasteiger charge is 2.15. The number of hydrogen-bond acceptors (Lipinski definition) is 4. The lowest BCUT2D eigenvalue weighted by molar-refractivity contribution is 0.484. The second-order valence-electron chi connectivity index (χ2n) is 3.99. The molecule has 3 aromatic rings. The summed E-state index contributed by atoms with van der Waals surface area (Å²) in [6.07, 6.45) is 1.62. The van der Waals surface area contributed by atoms with Gasteiger partial charge in [0.1, 0.15) is 10.6 Å². The number of H-pyrrole nitrogens is 1. The minimum absolute atomic E-state index is 0.115. The number of aromatic amines is 1. The van der Waals surface area contributed by atoms with Gasteiger partial charge in [-0.1, -0.05) is 35.5 Å². The van der Waals surface area contributed by atoms with Crippen LogP contribution >= 0.6 is 0 Å². The van der Waals surface area contributed by atoms with E-state index < -0.39 is 10.1 Å². The maximum Gasteiger partial charge on any atom is 0.295 e. The normalized spacial score (nSPS) is 11.8. The molecular weight excluding hydrogens is 266 g/mol. The minimum atomic E-state index is -4.26. The first-order chi connectivity index (χ1) is 9.07. The number of fused-ring (bicyclic) bond motifs is 1. The summed E-state index contributed by atoms with van der Waals surface area (Å²) in [5.41, 5.74) is 1.36. The molecule has 0 amide bonds. The van der Waals surface area contributed by atoms with Crippen molar-refractivity contribution in [2.45, 2.75) is 4.90 Å². The van der Waals surface area contributed by atoms with Crippen LogP contribution in [0.15, 0.2) is 47.5 Å². The molecule has 0 radical (unpaired) electrons. The van der Waals surface area contributed by atoms with E-state index in [0.29, 0.717) is 16.5 Å². The van der Waals surface area contributed by atoms with Crippen LogP contribution in [0.3, 0.4) is 0 Å². The Morgan fingerprint density at radius 2 is 1.79 bits per heavy atom. The van der Waals surface area contributed by atoms with E-state index in [1.54, 1.807) is 30.5 Å². The van der Waals surface area contributed by atoms with Crippen molar-refractivity contribution in [1.82, 2.24) is 15.4 Å². The predicted molar refractivity (Wildman–Crippen MR) is 69.1 cm³/mol. The first-order valence-electron chi connectivity index (χ1n) is 5.43. The van der Waals surface area contributed by atoms with Crippen LogP contribution < -0.4 is 0 Å². The molecule has 0 unspecified atom stereocenters. The smallest absolute Gasteiger partial charge is 0.282 e. The fourth-order valence-electron chi connectivity index (χ4n) is 2.06. The van der Waals surface area contributed by atoms with Crippen molar-refractivity contribution >= 4 is 20.9 Å². The van der Waals surface area contributed by atoms with Gasteiger partial charge in [-0.2, -0.15) is 8.42 Å². The Balaban J connectivity index is 2.40. The zero-order valence-electron chi connectivity index (χ0n) is 9.61. The van der Waals surface area contributed by atoms with Crippen LogP contribution in [0.2, 0.25) is 0 Å². The molecule has 7 heteroatoms. The average molecular weight is 275 g/mol. The van der Waals surface area contributed by atoms with Gasteiger partial charge in [0.15, 0.2) is 0 Å². The van der Waals surface area contributed by atoms with Gasteiger partial charge < -0.3 is 0 Å². The number of aromatic nitrogens is 3. The number of nitrogens with zero attached hydrogens (tertiary/aromatic N) is 2. The third-order valence-electron chi connectivity index (χ3n) is 2.85. The van der Waals surface area contributed by atoms with Gasteiger partial charge in [-0.15, -0.1) is 5.10 Å². The third-order valence-corrected chi connectivity index (χ3v) is 3.76. The highest BCUT2D eigenvalue weighted by Crippen LogP contribution is 2.30. The minimum Gasteiger partial charge on any atom is -0.282 e. The van der Waals surface area contributed by atoms with Gasteiger partial charge in [0.2, 0.25) is 0 Å². The Labute approximate surface area is 108 Å². The first-order valence-corrected chi connectivity index (χ1v) is 6.87. The van der Waals surface area contributed by atoms with Crippen molar-refractivity contribution in [3.8, 4) is 11.3 Å². The van der Waals surface area contributed by atoms with E-state index in [4.69, 9.17) is 0 Å². The summed E-state index contributed by atoms with van der Waals surface area (Å²) in [5.74, 6) is 0. The largest absolute Gasteiger partial charge is 0.295 e. The fraction of sp³-hybridized carbons (Fsp3) is 0. The zero-order chi connectivity index (χ0) is 13.5. The lowest BCUT2D eigenvalue weighted by Crippen LogP contribution is -1.99. The lowest BCUT2D eigenvalue weighted by atomic mass is 10.0. The van der Waals surface area contributed by atoms with Gasteiger partial charge in [0.25, 0.3) is 10.1 Å². The molecule has 19 heavy (non-hydrogen) atoms. The summed E-state index contributed by atoms with van der Waals surface area (Å²) in [6.45, 7) is 0. The van der Waals surface area contributed by atoms with Crippen molar-refractivity contribution in [3.05, 3.63) is 42.6 Å². The van der Waals surface area contributed by atoms with E-state index in [2.05, 4.69) is 15.4 Å². The van der Waals surface area contributed by atoms with Gasteiger partial charge in [-0.05, 0) is 11.5 Å². The highest BCUT2D eigenvalue weighted by atomic mass is 32.2. The molecule has 0 saturated carbocycles. The van der Waals surface area contributed by atoms with Crippen molar-refractivity contribution in [2.75, 3.05) is 0 Å². The zero-order valence-corrected chi connectivity index (χ0v) is 10.4. The molecule has 1 heterocycles. The standard InChI is InChI=1S/C12H9N3O3S/c16-19(17,18)12-6-2-3-8-9(4-1-5-10(8)12)11-7-13-15-14-11/h1-7H,(H,13,14,15)(H,16,17,18). The van der Waals surface area contributed by atoms with Crippen molar-refractivity contribution in [1.29, 1.82) is 0 Å². The van der Waals surface area contributed by atoms with Crippen LogP contribution in [0.4, 0.5) is 0 Å². The van der Waals surface area contributed by atoms with E-state index in [1.165, 1.54) is 6.07 Å². The second-order valence-corrected chi connectivity index (χ2v) is 5.38. The summed E-state index contributed by atoms with van der Waals surface area (Å²) in [7, 11) is -4.26. The molecule has 0 fully saturated rings. The quantitative estimate of drug-likeness (QED) is 0.696. The van der Waals surface area contributed by atoms with Gasteiger partial charge in [-0.3, -0.25) is 9.65 Å². The van der Waals surface area contributed by atoms with Crippen LogP contribution in [0.5, 0.6) is 0 Å². The van der Waals surface area contributed by atoms with Crippen LogP contribution in [-0.4, -0.2) is 28.4 Å². The van der Waals surface area contributed by atoms with E-state index in [-0.39, 0.29) is 4.90 Å². The van der Waals surface area contributed by atoms with Crippen molar-refractivity contribution in [3.63, 3.8) is 0 Å². The second kappa shape index (κ2) is 4.15. The molecule has 96 valence electrons. The van der Waals surface area contributed by atoms with Crippen LogP contribution in [0, 0.1) is 0 Å². The Bertz CT molecular complexity index is 842. The molecule has 2 N–H and O–H groups in total. The summed E-state index contributed by atoms with van der Waals surface area (Å²) in [4.78, 5) is -0.115. The topological polar surface area (TPSA) is 95.9 Å². The molecular formula is C12H9N3O3S. The van der Waals surface area contributed by atoms with E-state index in [1.807, 2.05) is 6.07 Å². The lowest BCUT2D eigenvalue weighted by Gasteiger charge is -2.06. The van der Waals surface area contributed by atoms with Gasteiger partial charge >= 0.3 is 0 Å². The van der Waals surface area contributed by atoms with E-state index >= 15 is 0 Å². The molecule has 2 aromatic carbocycles. The summed E-state index contributed by atoms with van der Waals surface area (Å²) in [5, 5.41) is 11.3. The van der Waals surface area contributed by atoms with E-state index in [0.717, 1.165) is 5.56 Å². The third kappa shape index (κ3) is 1.98. The molecule has 3 rings (SSSR count). The van der Waals surface area contributed by atoms with Crippen LogP contribution in [0.25, 0.3) is 22.0 Å². The maximum atomic E-state index is 11.4. The summed E-state index contributed by atoms with van der Waals surface area (Å²) < 4.78 is 32.0. The predicted octanol–water partition coefficient (Wildman–Crippen LogP) is 1.87. The molecule has 1 aromatic heterocycles. The van der Waals surface area contributed by atoms with Gasteiger partial charge in [0, 0.05) is 10.9 Å². The van der Waals surface area contributed by atoms with Crippen molar-refractivity contribution < 1.29 is 13.0 Å². The number of nitrogens with one attached hydrogen (secondary N) is 1. The molecule has 0 aliphatic carbocycles. The van der Waals surface area contributed by atoms with Crippen LogP contribution in [-0.2, 0) is 10.1 Å². The van der Waals surface area contributed by atoms with Gasteiger partial charge in [-0.25, -0.2) is 0 Å². The molecule has 6 nitrogen and oxygen atoms in total. The molecule has 0 atom stereocenters. The monoisotopic (exact) mass is 275 g/mol. The number of hydrogen-bond donors (Lipinski definition) is 2. The number of rotatable bonds is 2. The average Bonchev–Trinajstić information content (AvgIpc) is 2.90. The Kier molecular flexibility index (Phi) is 2.58. The molecule has 0 spiro atoms. The Morgan fingerprint density at radius 1 is 1.05 bits per heavy atom. The van der Waals surface area contributed by atoms with Gasteiger partial charge in [0.05, 0.1) is 6.20 Å². The van der Waals surface area contributed by atoms with Crippen molar-refractivity contribution in [2.24, 2.45) is 0 Å². The maximum absolute atomic E-state index is 11.4. The molecule has 0 aliphatic heterocycles. The van der Waals surface area contributed by atoms with Crippen LogP contribution in [0.1, 0.15) is 0 Å². The fourth-order valence-corrected chi connectivity index (χ4v) is 2.77. The Morgan fingerprint density at radius 3 is 2.47 bits per heavy atom. The highest BCUT2D eigenvalue weighted by molar-refractivity contribution is 7.86. The molecule has 0 saturated heterocycles. The number of benzene rings is 2. The first kappa shape index (κ1) is 11.8. The Hall–Kier alpha value is -2.25. The molecule has 0 bridgehead atoms. The SMILES string of the molecule is O=S(=O)(O)c1cccc2c(-c3c[nH]nn3)cccc12.